The van der Waals surface area contributed by atoms with Crippen LogP contribution in [0.25, 0.3) is 10.2 Å². The molecule has 0 aliphatic carbocycles. The molecule has 0 saturated carbocycles. The molecular formula is C17H15N3O4S. The van der Waals surface area contributed by atoms with Crippen molar-refractivity contribution in [2.45, 2.75) is 6.10 Å². The lowest BCUT2D eigenvalue weighted by atomic mass is 10.2. The molecule has 1 N–H and O–H groups in total. The summed E-state index contributed by atoms with van der Waals surface area (Å²) in [6, 6.07) is 9.33. The van der Waals surface area contributed by atoms with Crippen LogP contribution in [0.5, 0.6) is 17.4 Å². The highest BCUT2D eigenvalue weighted by Gasteiger charge is 2.21. The van der Waals surface area contributed by atoms with Gasteiger partial charge in [-0.05, 0) is 23.6 Å². The Morgan fingerprint density at radius 1 is 1.28 bits per heavy atom. The fraction of sp³-hybridized carbons (Fsp3) is 0.235. The number of carbonyl (C=O) groups is 1. The second kappa shape index (κ2) is 6.94. The zero-order chi connectivity index (χ0) is 17.1. The highest BCUT2D eigenvalue weighted by molar-refractivity contribution is 7.16. The quantitative estimate of drug-likeness (QED) is 0.752. The lowest BCUT2D eigenvalue weighted by Gasteiger charge is -2.26. The van der Waals surface area contributed by atoms with E-state index < -0.39 is 0 Å². The first kappa shape index (κ1) is 15.6. The topological polar surface area (TPSA) is 82.6 Å². The Bertz CT molecular complexity index is 898. The van der Waals surface area contributed by atoms with Crippen molar-refractivity contribution in [2.75, 3.05) is 19.8 Å². The molecular weight excluding hydrogens is 342 g/mol. The minimum atomic E-state index is -0.246. The van der Waals surface area contributed by atoms with Gasteiger partial charge in [0.05, 0.1) is 11.9 Å². The molecule has 1 atom stereocenters. The van der Waals surface area contributed by atoms with Gasteiger partial charge in [-0.3, -0.25) is 4.79 Å². The number of para-hydroxylation sites is 2. The number of ether oxygens (including phenoxy) is 3. The molecule has 0 saturated heterocycles. The van der Waals surface area contributed by atoms with Crippen LogP contribution < -0.4 is 19.5 Å². The van der Waals surface area contributed by atoms with E-state index in [-0.39, 0.29) is 18.6 Å². The average molecular weight is 357 g/mol. The van der Waals surface area contributed by atoms with Gasteiger partial charge in [0.1, 0.15) is 23.9 Å². The molecule has 1 aliphatic rings. The van der Waals surface area contributed by atoms with Gasteiger partial charge in [-0.1, -0.05) is 12.1 Å². The first-order valence-electron chi connectivity index (χ1n) is 7.76. The fourth-order valence-corrected chi connectivity index (χ4v) is 3.18. The van der Waals surface area contributed by atoms with Crippen LogP contribution in [0.4, 0.5) is 0 Å². The van der Waals surface area contributed by atoms with E-state index in [2.05, 4.69) is 15.3 Å². The van der Waals surface area contributed by atoms with Gasteiger partial charge in [-0.2, -0.15) is 0 Å². The zero-order valence-electron chi connectivity index (χ0n) is 13.2. The second-order valence-corrected chi connectivity index (χ2v) is 6.30. The summed E-state index contributed by atoms with van der Waals surface area (Å²) in [4.78, 5) is 21.1. The summed E-state index contributed by atoms with van der Waals surface area (Å²) < 4.78 is 16.9. The van der Waals surface area contributed by atoms with Gasteiger partial charge in [0, 0.05) is 0 Å². The van der Waals surface area contributed by atoms with Crippen LogP contribution in [0.2, 0.25) is 0 Å². The standard InChI is InChI=1S/C17H15N3O4S/c21-15(9-23-16-12-5-6-25-17(12)20-10-19-16)18-7-11-8-22-13-3-1-2-4-14(13)24-11/h1-6,10-11H,7-9H2,(H,18,21). The fourth-order valence-electron chi connectivity index (χ4n) is 2.46. The Hall–Kier alpha value is -2.87. The molecule has 0 spiro atoms. The third-order valence-electron chi connectivity index (χ3n) is 3.66. The molecule has 2 aromatic heterocycles. The summed E-state index contributed by atoms with van der Waals surface area (Å²) in [5, 5.41) is 5.50. The largest absolute Gasteiger partial charge is 0.486 e. The molecule has 25 heavy (non-hydrogen) atoms. The van der Waals surface area contributed by atoms with E-state index in [0.717, 1.165) is 16.0 Å². The van der Waals surface area contributed by atoms with Crippen molar-refractivity contribution in [2.24, 2.45) is 0 Å². The number of amides is 1. The smallest absolute Gasteiger partial charge is 0.258 e. The summed E-state index contributed by atoms with van der Waals surface area (Å²) in [6.07, 6.45) is 1.19. The first-order valence-corrected chi connectivity index (χ1v) is 8.64. The van der Waals surface area contributed by atoms with Crippen molar-refractivity contribution in [1.82, 2.24) is 15.3 Å². The number of hydrogen-bond donors (Lipinski definition) is 1. The lowest BCUT2D eigenvalue weighted by Crippen LogP contribution is -2.42. The van der Waals surface area contributed by atoms with E-state index in [1.54, 1.807) is 0 Å². The van der Waals surface area contributed by atoms with E-state index in [1.165, 1.54) is 17.7 Å². The normalized spacial score (nSPS) is 15.8. The van der Waals surface area contributed by atoms with Gasteiger partial charge in [-0.15, -0.1) is 11.3 Å². The highest BCUT2D eigenvalue weighted by Crippen LogP contribution is 2.30. The van der Waals surface area contributed by atoms with E-state index in [9.17, 15) is 4.79 Å². The Kier molecular flexibility index (Phi) is 4.34. The van der Waals surface area contributed by atoms with E-state index in [4.69, 9.17) is 14.2 Å². The van der Waals surface area contributed by atoms with Crippen LogP contribution >= 0.6 is 11.3 Å². The molecule has 0 radical (unpaired) electrons. The molecule has 8 heteroatoms. The molecule has 128 valence electrons. The zero-order valence-corrected chi connectivity index (χ0v) is 14.0. The van der Waals surface area contributed by atoms with Crippen molar-refractivity contribution in [3.05, 3.63) is 42.0 Å². The summed E-state index contributed by atoms with van der Waals surface area (Å²) >= 11 is 1.50. The maximum Gasteiger partial charge on any atom is 0.258 e. The van der Waals surface area contributed by atoms with Crippen LogP contribution in [0.15, 0.2) is 42.0 Å². The van der Waals surface area contributed by atoms with Gasteiger partial charge in [-0.25, -0.2) is 9.97 Å². The number of aromatic nitrogens is 2. The number of benzene rings is 1. The molecule has 0 bridgehead atoms. The molecule has 3 heterocycles. The third-order valence-corrected chi connectivity index (χ3v) is 4.48. The number of hydrogen-bond acceptors (Lipinski definition) is 7. The number of nitrogens with zero attached hydrogens (tertiary/aromatic N) is 2. The lowest BCUT2D eigenvalue weighted by molar-refractivity contribution is -0.123. The molecule has 1 aromatic carbocycles. The summed E-state index contributed by atoms with van der Waals surface area (Å²) in [5.74, 6) is 1.57. The van der Waals surface area contributed by atoms with E-state index >= 15 is 0 Å². The van der Waals surface area contributed by atoms with Crippen molar-refractivity contribution >= 4 is 27.5 Å². The van der Waals surface area contributed by atoms with Crippen molar-refractivity contribution in [3.8, 4) is 17.4 Å². The molecule has 1 amide bonds. The highest BCUT2D eigenvalue weighted by atomic mass is 32.1. The van der Waals surface area contributed by atoms with Gasteiger partial charge >= 0.3 is 0 Å². The number of nitrogens with one attached hydrogen (secondary N) is 1. The van der Waals surface area contributed by atoms with Crippen LogP contribution in [0, 0.1) is 0 Å². The first-order chi connectivity index (χ1) is 12.3. The Morgan fingerprint density at radius 3 is 3.08 bits per heavy atom. The van der Waals surface area contributed by atoms with Crippen molar-refractivity contribution in [3.63, 3.8) is 0 Å². The van der Waals surface area contributed by atoms with Gasteiger partial charge in [0.15, 0.2) is 18.1 Å². The Labute approximate surface area is 147 Å². The van der Waals surface area contributed by atoms with Gasteiger partial charge < -0.3 is 19.5 Å². The van der Waals surface area contributed by atoms with Crippen LogP contribution in [0.1, 0.15) is 0 Å². The van der Waals surface area contributed by atoms with Crippen molar-refractivity contribution in [1.29, 1.82) is 0 Å². The number of carbonyl (C=O) groups excluding carboxylic acids is 1. The van der Waals surface area contributed by atoms with Crippen molar-refractivity contribution < 1.29 is 19.0 Å². The Morgan fingerprint density at radius 2 is 2.16 bits per heavy atom. The third kappa shape index (κ3) is 3.48. The predicted octanol–water partition coefficient (Wildman–Crippen LogP) is 2.03. The average Bonchev–Trinajstić information content (AvgIpc) is 3.14. The summed E-state index contributed by atoms with van der Waals surface area (Å²) in [5.41, 5.74) is 0. The molecule has 3 aromatic rings. The molecule has 7 nitrogen and oxygen atoms in total. The van der Waals surface area contributed by atoms with Crippen LogP contribution in [-0.2, 0) is 4.79 Å². The van der Waals surface area contributed by atoms with Gasteiger partial charge in [0.25, 0.3) is 5.91 Å². The summed E-state index contributed by atoms with van der Waals surface area (Å²) in [6.45, 7) is 0.611. The molecule has 1 aliphatic heterocycles. The summed E-state index contributed by atoms with van der Waals surface area (Å²) in [7, 11) is 0. The van der Waals surface area contributed by atoms with E-state index in [0.29, 0.717) is 24.8 Å². The Balaban J connectivity index is 1.28. The maximum absolute atomic E-state index is 12.0. The minimum Gasteiger partial charge on any atom is -0.486 e. The number of fused-ring (bicyclic) bond motifs is 2. The molecule has 4 rings (SSSR count). The van der Waals surface area contributed by atoms with Gasteiger partial charge in [0.2, 0.25) is 5.88 Å². The number of thiophene rings is 1. The predicted molar refractivity (Wildman–Crippen MR) is 92.3 cm³/mol. The minimum absolute atomic E-state index is 0.119. The molecule has 0 fully saturated rings. The van der Waals surface area contributed by atoms with Crippen LogP contribution in [-0.4, -0.2) is 41.7 Å². The van der Waals surface area contributed by atoms with Crippen LogP contribution in [0.3, 0.4) is 0 Å². The second-order valence-electron chi connectivity index (χ2n) is 5.41. The molecule has 1 unspecified atom stereocenters. The van der Waals surface area contributed by atoms with E-state index in [1.807, 2.05) is 35.7 Å². The SMILES string of the molecule is O=C(COc1ncnc2sccc12)NCC1COc2ccccc2O1. The monoisotopic (exact) mass is 357 g/mol. The maximum atomic E-state index is 12.0. The number of rotatable bonds is 5.